The third kappa shape index (κ3) is 2.41. The van der Waals surface area contributed by atoms with Crippen molar-refractivity contribution in [3.63, 3.8) is 0 Å². The standard InChI is InChI=1S/C11H16N4O2/c1-14-7-8(12)6-9(14)11(17)15-4-2-10(16)13-3-5-15/h6-7H,2-5,12H2,1H3,(H,13,16). The average Bonchev–Trinajstić information content (AvgIpc) is 2.49. The highest BCUT2D eigenvalue weighted by atomic mass is 16.2. The van der Waals surface area contributed by atoms with Gasteiger partial charge in [0.05, 0.1) is 5.69 Å². The smallest absolute Gasteiger partial charge is 0.270 e. The molecule has 2 rings (SSSR count). The van der Waals surface area contributed by atoms with Crippen LogP contribution in [0.2, 0.25) is 0 Å². The fourth-order valence-corrected chi connectivity index (χ4v) is 1.93. The molecule has 2 heterocycles. The SMILES string of the molecule is Cn1cc(N)cc1C(=O)N1CCNC(=O)CC1. The van der Waals surface area contributed by atoms with Gasteiger partial charge in [0.2, 0.25) is 5.91 Å². The van der Waals surface area contributed by atoms with E-state index in [-0.39, 0.29) is 11.8 Å². The number of carbonyl (C=O) groups is 2. The summed E-state index contributed by atoms with van der Waals surface area (Å²) in [6, 6.07) is 1.66. The first-order chi connectivity index (χ1) is 8.08. The van der Waals surface area contributed by atoms with E-state index in [9.17, 15) is 9.59 Å². The fourth-order valence-electron chi connectivity index (χ4n) is 1.93. The predicted octanol–water partition coefficient (Wildman–Crippen LogP) is -0.431. The molecule has 0 spiro atoms. The van der Waals surface area contributed by atoms with E-state index < -0.39 is 0 Å². The number of nitrogens with one attached hydrogen (secondary N) is 1. The number of hydrogen-bond donors (Lipinski definition) is 2. The highest BCUT2D eigenvalue weighted by Crippen LogP contribution is 2.12. The van der Waals surface area contributed by atoms with Gasteiger partial charge in [-0.2, -0.15) is 0 Å². The number of nitrogen functional groups attached to an aromatic ring is 1. The molecule has 6 nitrogen and oxygen atoms in total. The summed E-state index contributed by atoms with van der Waals surface area (Å²) in [4.78, 5) is 25.1. The second-order valence-electron chi connectivity index (χ2n) is 4.16. The zero-order chi connectivity index (χ0) is 12.4. The fraction of sp³-hybridized carbons (Fsp3) is 0.455. The van der Waals surface area contributed by atoms with Gasteiger partial charge in [-0.3, -0.25) is 9.59 Å². The molecule has 1 aromatic heterocycles. The first kappa shape index (κ1) is 11.5. The Balaban J connectivity index is 2.14. The van der Waals surface area contributed by atoms with Gasteiger partial charge in [-0.05, 0) is 6.07 Å². The number of aromatic nitrogens is 1. The average molecular weight is 236 g/mol. The zero-order valence-electron chi connectivity index (χ0n) is 9.77. The third-order valence-corrected chi connectivity index (χ3v) is 2.85. The molecule has 6 heteroatoms. The van der Waals surface area contributed by atoms with Gasteiger partial charge in [0.25, 0.3) is 5.91 Å². The summed E-state index contributed by atoms with van der Waals surface area (Å²) in [6.07, 6.45) is 2.06. The Bertz CT molecular complexity index is 452. The summed E-state index contributed by atoms with van der Waals surface area (Å²) < 4.78 is 1.71. The molecule has 0 atom stereocenters. The second-order valence-corrected chi connectivity index (χ2v) is 4.16. The largest absolute Gasteiger partial charge is 0.397 e. The van der Waals surface area contributed by atoms with E-state index >= 15 is 0 Å². The van der Waals surface area contributed by atoms with E-state index in [1.807, 2.05) is 0 Å². The monoisotopic (exact) mass is 236 g/mol. The summed E-state index contributed by atoms with van der Waals surface area (Å²) in [7, 11) is 1.78. The van der Waals surface area contributed by atoms with Crippen molar-refractivity contribution in [1.82, 2.24) is 14.8 Å². The molecular formula is C11H16N4O2. The molecule has 0 unspecified atom stereocenters. The molecule has 1 aromatic rings. The Morgan fingerprint density at radius 1 is 1.47 bits per heavy atom. The first-order valence-corrected chi connectivity index (χ1v) is 5.56. The van der Waals surface area contributed by atoms with Crippen LogP contribution in [0.15, 0.2) is 12.3 Å². The minimum Gasteiger partial charge on any atom is -0.397 e. The van der Waals surface area contributed by atoms with E-state index in [2.05, 4.69) is 5.32 Å². The maximum atomic E-state index is 12.2. The highest BCUT2D eigenvalue weighted by molar-refractivity contribution is 5.94. The van der Waals surface area contributed by atoms with Crippen LogP contribution in [-0.4, -0.2) is 40.9 Å². The van der Waals surface area contributed by atoms with E-state index in [1.165, 1.54) is 0 Å². The number of hydrogen-bond acceptors (Lipinski definition) is 3. The van der Waals surface area contributed by atoms with Gasteiger partial charge in [0.1, 0.15) is 5.69 Å². The molecular weight excluding hydrogens is 220 g/mol. The van der Waals surface area contributed by atoms with Crippen molar-refractivity contribution in [1.29, 1.82) is 0 Å². The van der Waals surface area contributed by atoms with Gasteiger partial charge in [0.15, 0.2) is 0 Å². The maximum Gasteiger partial charge on any atom is 0.270 e. The van der Waals surface area contributed by atoms with Crippen LogP contribution < -0.4 is 11.1 Å². The molecule has 0 aromatic carbocycles. The molecule has 0 aliphatic carbocycles. The van der Waals surface area contributed by atoms with Gasteiger partial charge in [-0.15, -0.1) is 0 Å². The summed E-state index contributed by atoms with van der Waals surface area (Å²) in [5.41, 5.74) is 6.76. The van der Waals surface area contributed by atoms with E-state index in [4.69, 9.17) is 5.73 Å². The van der Waals surface area contributed by atoms with E-state index in [1.54, 1.807) is 28.8 Å². The van der Waals surface area contributed by atoms with Crippen LogP contribution in [0, 0.1) is 0 Å². The Labute approximate surface area is 99.4 Å². The van der Waals surface area contributed by atoms with E-state index in [0.717, 1.165) is 0 Å². The summed E-state index contributed by atoms with van der Waals surface area (Å²) >= 11 is 0. The van der Waals surface area contributed by atoms with Crippen molar-refractivity contribution in [2.45, 2.75) is 6.42 Å². The number of nitrogens with zero attached hydrogens (tertiary/aromatic N) is 2. The quantitative estimate of drug-likeness (QED) is 0.694. The van der Waals surface area contributed by atoms with Gasteiger partial charge in [0, 0.05) is 39.3 Å². The van der Waals surface area contributed by atoms with Crippen LogP contribution in [0.3, 0.4) is 0 Å². The Hall–Kier alpha value is -1.98. The van der Waals surface area contributed by atoms with Gasteiger partial charge < -0.3 is 20.5 Å². The lowest BCUT2D eigenvalue weighted by molar-refractivity contribution is -0.120. The van der Waals surface area contributed by atoms with Crippen molar-refractivity contribution in [3.8, 4) is 0 Å². The second kappa shape index (κ2) is 4.48. The molecule has 0 radical (unpaired) electrons. The molecule has 3 N–H and O–H groups in total. The normalized spacial score (nSPS) is 16.5. The highest BCUT2D eigenvalue weighted by Gasteiger charge is 2.21. The molecule has 1 fully saturated rings. The maximum absolute atomic E-state index is 12.2. The minimum absolute atomic E-state index is 0.00769. The zero-order valence-corrected chi connectivity index (χ0v) is 9.77. The summed E-state index contributed by atoms with van der Waals surface area (Å²) in [5, 5.41) is 2.74. The van der Waals surface area contributed by atoms with Gasteiger partial charge >= 0.3 is 0 Å². The lowest BCUT2D eigenvalue weighted by atomic mass is 10.3. The van der Waals surface area contributed by atoms with Crippen LogP contribution in [0.5, 0.6) is 0 Å². The van der Waals surface area contributed by atoms with Crippen molar-refractivity contribution in [2.75, 3.05) is 25.4 Å². The Morgan fingerprint density at radius 3 is 2.88 bits per heavy atom. The van der Waals surface area contributed by atoms with Crippen LogP contribution >= 0.6 is 0 Å². The number of rotatable bonds is 1. The van der Waals surface area contributed by atoms with E-state index in [0.29, 0.717) is 37.4 Å². The van der Waals surface area contributed by atoms with Crippen molar-refractivity contribution >= 4 is 17.5 Å². The van der Waals surface area contributed by atoms with Crippen molar-refractivity contribution in [3.05, 3.63) is 18.0 Å². The molecule has 0 saturated carbocycles. The third-order valence-electron chi connectivity index (χ3n) is 2.85. The first-order valence-electron chi connectivity index (χ1n) is 5.56. The van der Waals surface area contributed by atoms with Gasteiger partial charge in [-0.1, -0.05) is 0 Å². The molecule has 17 heavy (non-hydrogen) atoms. The molecule has 92 valence electrons. The number of nitrogens with two attached hydrogens (primary N) is 1. The van der Waals surface area contributed by atoms with Crippen LogP contribution in [-0.2, 0) is 11.8 Å². The van der Waals surface area contributed by atoms with Crippen molar-refractivity contribution in [2.24, 2.45) is 7.05 Å². The van der Waals surface area contributed by atoms with Crippen LogP contribution in [0.4, 0.5) is 5.69 Å². The molecule has 1 aliphatic rings. The van der Waals surface area contributed by atoms with Crippen LogP contribution in [0.1, 0.15) is 16.9 Å². The van der Waals surface area contributed by atoms with Crippen LogP contribution in [0.25, 0.3) is 0 Å². The lowest BCUT2D eigenvalue weighted by Crippen LogP contribution is -2.35. The predicted molar refractivity (Wildman–Crippen MR) is 63.4 cm³/mol. The number of anilines is 1. The molecule has 1 saturated heterocycles. The summed E-state index contributed by atoms with van der Waals surface area (Å²) in [6.45, 7) is 1.50. The van der Waals surface area contributed by atoms with Crippen molar-refractivity contribution < 1.29 is 9.59 Å². The van der Waals surface area contributed by atoms with Gasteiger partial charge in [-0.25, -0.2) is 0 Å². The Kier molecular flexibility index (Phi) is 3.03. The number of amides is 2. The number of carbonyl (C=O) groups excluding carboxylic acids is 2. The molecule has 1 aliphatic heterocycles. The topological polar surface area (TPSA) is 80.4 Å². The molecule has 0 bridgehead atoms. The number of aryl methyl sites for hydroxylation is 1. The Morgan fingerprint density at radius 2 is 2.24 bits per heavy atom. The lowest BCUT2D eigenvalue weighted by Gasteiger charge is -2.19. The summed E-state index contributed by atoms with van der Waals surface area (Å²) in [5.74, 6) is -0.0904. The minimum atomic E-state index is -0.0827. The molecule has 2 amide bonds.